The smallest absolute Gasteiger partial charge is 0.00642 e. The number of hydrogen-bond acceptors (Lipinski definition) is 2. The summed E-state index contributed by atoms with van der Waals surface area (Å²) in [4.78, 5) is 0. The van der Waals surface area contributed by atoms with Gasteiger partial charge in [-0.15, -0.1) is 0 Å². The van der Waals surface area contributed by atoms with Crippen LogP contribution in [0.4, 0.5) is 0 Å². The highest BCUT2D eigenvalue weighted by Crippen LogP contribution is 2.23. The van der Waals surface area contributed by atoms with Crippen molar-refractivity contribution in [3.63, 3.8) is 0 Å². The first kappa shape index (κ1) is 12.0. The van der Waals surface area contributed by atoms with Gasteiger partial charge in [0.2, 0.25) is 0 Å². The molecule has 1 saturated carbocycles. The fourth-order valence-electron chi connectivity index (χ4n) is 2.23. The molecule has 0 aliphatic heterocycles. The van der Waals surface area contributed by atoms with Crippen LogP contribution in [0.2, 0.25) is 0 Å². The molecule has 1 aliphatic rings. The molecule has 1 aliphatic carbocycles. The summed E-state index contributed by atoms with van der Waals surface area (Å²) in [7, 11) is 2.09. The predicted molar refractivity (Wildman–Crippen MR) is 62.5 cm³/mol. The largest absolute Gasteiger partial charge is 0.317 e. The molecule has 0 amide bonds. The fourth-order valence-corrected chi connectivity index (χ4v) is 2.23. The first-order chi connectivity index (χ1) is 6.72. The second-order valence-electron chi connectivity index (χ2n) is 5.06. The highest BCUT2D eigenvalue weighted by Gasteiger charge is 2.19. The lowest BCUT2D eigenvalue weighted by Crippen LogP contribution is -2.34. The summed E-state index contributed by atoms with van der Waals surface area (Å²) in [5.74, 6) is 1.71. The van der Waals surface area contributed by atoms with Crippen LogP contribution < -0.4 is 10.6 Å². The average Bonchev–Trinajstić information content (AvgIpc) is 2.18. The minimum atomic E-state index is 0.781. The van der Waals surface area contributed by atoms with E-state index in [0.29, 0.717) is 0 Å². The lowest BCUT2D eigenvalue weighted by atomic mass is 9.86. The first-order valence-corrected chi connectivity index (χ1v) is 6.10. The minimum absolute atomic E-state index is 0.781. The van der Waals surface area contributed by atoms with Gasteiger partial charge < -0.3 is 10.6 Å². The Morgan fingerprint density at radius 2 is 1.79 bits per heavy atom. The molecule has 14 heavy (non-hydrogen) atoms. The quantitative estimate of drug-likeness (QED) is 0.706. The Hall–Kier alpha value is -0.0800. The van der Waals surface area contributed by atoms with E-state index in [1.165, 1.54) is 38.8 Å². The first-order valence-electron chi connectivity index (χ1n) is 6.10. The molecule has 0 aromatic carbocycles. The van der Waals surface area contributed by atoms with Crippen LogP contribution in [0.25, 0.3) is 0 Å². The Labute approximate surface area is 88.8 Å². The molecule has 0 atom stereocenters. The van der Waals surface area contributed by atoms with Crippen molar-refractivity contribution in [2.24, 2.45) is 11.8 Å². The Bertz CT molecular complexity index is 137. The van der Waals surface area contributed by atoms with E-state index < -0.39 is 0 Å². The van der Waals surface area contributed by atoms with Crippen molar-refractivity contribution in [3.05, 3.63) is 0 Å². The van der Waals surface area contributed by atoms with E-state index in [-0.39, 0.29) is 0 Å². The number of hydrogen-bond donors (Lipinski definition) is 2. The van der Waals surface area contributed by atoms with E-state index in [4.69, 9.17) is 0 Å². The predicted octanol–water partition coefficient (Wildman–Crippen LogP) is 2.01. The molecule has 1 fully saturated rings. The summed E-state index contributed by atoms with van der Waals surface area (Å²) >= 11 is 0. The van der Waals surface area contributed by atoms with Crippen LogP contribution >= 0.6 is 0 Å². The normalized spacial score (nSPS) is 28.3. The second-order valence-corrected chi connectivity index (χ2v) is 5.06. The molecule has 84 valence electrons. The molecule has 1 rings (SSSR count). The summed E-state index contributed by atoms with van der Waals surface area (Å²) in [6.07, 6.45) is 5.53. The van der Waals surface area contributed by atoms with Crippen LogP contribution in [0.3, 0.4) is 0 Å². The highest BCUT2D eigenvalue weighted by atomic mass is 14.9. The Morgan fingerprint density at radius 1 is 1.14 bits per heavy atom. The monoisotopic (exact) mass is 198 g/mol. The maximum absolute atomic E-state index is 3.57. The zero-order chi connectivity index (χ0) is 10.4. The second kappa shape index (κ2) is 6.41. The van der Waals surface area contributed by atoms with Gasteiger partial charge in [0, 0.05) is 6.04 Å². The van der Waals surface area contributed by atoms with Crippen LogP contribution in [-0.4, -0.2) is 26.2 Å². The molecular weight excluding hydrogens is 172 g/mol. The topological polar surface area (TPSA) is 24.1 Å². The van der Waals surface area contributed by atoms with Crippen molar-refractivity contribution in [1.29, 1.82) is 0 Å². The van der Waals surface area contributed by atoms with Gasteiger partial charge in [0.15, 0.2) is 0 Å². The van der Waals surface area contributed by atoms with Gasteiger partial charge in [-0.2, -0.15) is 0 Å². The number of rotatable bonds is 5. The third kappa shape index (κ3) is 4.43. The summed E-state index contributed by atoms with van der Waals surface area (Å²) in [5.41, 5.74) is 0. The van der Waals surface area contributed by atoms with Crippen molar-refractivity contribution in [2.45, 2.75) is 45.6 Å². The van der Waals surface area contributed by atoms with Gasteiger partial charge in [0.1, 0.15) is 0 Å². The summed E-state index contributed by atoms with van der Waals surface area (Å²) in [5, 5.41) is 6.95. The van der Waals surface area contributed by atoms with Crippen LogP contribution in [0.1, 0.15) is 39.5 Å². The van der Waals surface area contributed by atoms with Gasteiger partial charge in [-0.1, -0.05) is 13.8 Å². The van der Waals surface area contributed by atoms with E-state index >= 15 is 0 Å². The van der Waals surface area contributed by atoms with Crippen LogP contribution in [0.5, 0.6) is 0 Å². The van der Waals surface area contributed by atoms with Gasteiger partial charge in [-0.3, -0.25) is 0 Å². The van der Waals surface area contributed by atoms with Crippen molar-refractivity contribution in [1.82, 2.24) is 10.6 Å². The van der Waals surface area contributed by atoms with E-state index in [2.05, 4.69) is 31.5 Å². The third-order valence-electron chi connectivity index (χ3n) is 3.24. The van der Waals surface area contributed by atoms with Gasteiger partial charge in [0.25, 0.3) is 0 Å². The molecule has 2 heteroatoms. The van der Waals surface area contributed by atoms with Crippen molar-refractivity contribution in [3.8, 4) is 0 Å². The average molecular weight is 198 g/mol. The van der Waals surface area contributed by atoms with Crippen LogP contribution in [-0.2, 0) is 0 Å². The molecule has 0 spiro atoms. The van der Waals surface area contributed by atoms with Crippen molar-refractivity contribution in [2.75, 3.05) is 20.1 Å². The molecule has 2 N–H and O–H groups in total. The molecule has 0 saturated heterocycles. The minimum Gasteiger partial charge on any atom is -0.317 e. The van der Waals surface area contributed by atoms with E-state index in [1.54, 1.807) is 0 Å². The molecular formula is C12H26N2. The fraction of sp³-hybridized carbons (Fsp3) is 1.00. The molecule has 2 nitrogen and oxygen atoms in total. The molecule has 0 aromatic heterocycles. The van der Waals surface area contributed by atoms with E-state index in [1.807, 2.05) is 0 Å². The third-order valence-corrected chi connectivity index (χ3v) is 3.24. The zero-order valence-corrected chi connectivity index (χ0v) is 9.97. The molecule has 0 unspecified atom stereocenters. The van der Waals surface area contributed by atoms with Gasteiger partial charge in [-0.05, 0) is 57.7 Å². The van der Waals surface area contributed by atoms with Crippen LogP contribution in [0.15, 0.2) is 0 Å². The lowest BCUT2D eigenvalue weighted by molar-refractivity contribution is 0.290. The number of nitrogens with one attached hydrogen (secondary N) is 2. The van der Waals surface area contributed by atoms with E-state index in [0.717, 1.165) is 17.9 Å². The summed E-state index contributed by atoms with van der Waals surface area (Å²) in [6.45, 7) is 6.94. The van der Waals surface area contributed by atoms with Gasteiger partial charge in [0.05, 0.1) is 0 Å². The molecule has 0 bridgehead atoms. The summed E-state index contributed by atoms with van der Waals surface area (Å²) < 4.78 is 0. The lowest BCUT2D eigenvalue weighted by Gasteiger charge is -2.28. The van der Waals surface area contributed by atoms with Gasteiger partial charge >= 0.3 is 0 Å². The maximum atomic E-state index is 3.57. The Morgan fingerprint density at radius 3 is 2.29 bits per heavy atom. The van der Waals surface area contributed by atoms with Gasteiger partial charge in [-0.25, -0.2) is 0 Å². The molecule has 0 aromatic rings. The maximum Gasteiger partial charge on any atom is 0.00642 e. The standard InChI is InChI=1S/C12H26N2/c1-10(2)8-14-9-11-4-6-12(13-3)7-5-11/h10-14H,4-9H2,1-3H3. The molecule has 0 heterocycles. The molecule has 0 radical (unpaired) electrons. The van der Waals surface area contributed by atoms with Crippen molar-refractivity contribution < 1.29 is 0 Å². The van der Waals surface area contributed by atoms with Crippen molar-refractivity contribution >= 4 is 0 Å². The SMILES string of the molecule is CNC1CCC(CNCC(C)C)CC1. The highest BCUT2D eigenvalue weighted by molar-refractivity contribution is 4.77. The van der Waals surface area contributed by atoms with E-state index in [9.17, 15) is 0 Å². The van der Waals surface area contributed by atoms with Crippen LogP contribution in [0, 0.1) is 11.8 Å². The Balaban J connectivity index is 2.04. The summed E-state index contributed by atoms with van der Waals surface area (Å²) in [6, 6.07) is 0.788. The Kier molecular flexibility index (Phi) is 5.49. The zero-order valence-electron chi connectivity index (χ0n) is 9.97.